The molecule has 0 N–H and O–H groups in total. The van der Waals surface area contributed by atoms with Crippen molar-refractivity contribution in [3.05, 3.63) is 122 Å². The van der Waals surface area contributed by atoms with E-state index in [0.717, 1.165) is 103 Å². The number of quaternary nitrogens is 1. The number of nitrogens with zero attached hydrogens (tertiary/aromatic N) is 1. The van der Waals surface area contributed by atoms with Crippen LogP contribution >= 0.6 is 0 Å². The molecule has 89 heavy (non-hydrogen) atoms. The van der Waals surface area contributed by atoms with Gasteiger partial charge in [0.2, 0.25) is 0 Å². The first kappa shape index (κ1) is 84.7. The maximum Gasteiger partial charge on any atom is 0.306 e. The molecule has 0 aromatic heterocycles. The molecule has 0 radical (unpaired) electrons. The fourth-order valence-electron chi connectivity index (χ4n) is 10.1. The standard InChI is InChI=1S/C80H137NO8/c1-6-8-10-12-14-16-18-20-22-24-26-28-30-32-34-35-36-37-38-39-40-41-42-43-45-47-49-51-53-55-57-59-61-63-65-67-69-71-78(83)89-76(75-88-80(79(84)85)86-73-72-81(3,4)5)74-87-77(82)70-68-66-64-62-60-58-56-54-52-50-48-46-44-33-31-29-27-25-23-21-19-17-15-13-11-9-7-2/h8,10,14,16,20,22,25-28,32,34,36-37,39-40,42-43,47,49,76,80H,6-7,9,11-13,15,17-19,21,23-24,29-31,33,35,38,41,44-46,48,50-75H2,1-5H3/b10-8-,16-14-,22-20-,27-25-,28-26-,34-32-,37-36-,40-39-,43-42-,49-47-. The summed E-state index contributed by atoms with van der Waals surface area (Å²) in [7, 11) is 5.93. The van der Waals surface area contributed by atoms with Crippen LogP contribution in [0, 0.1) is 0 Å². The number of carboxylic acids is 1. The summed E-state index contributed by atoms with van der Waals surface area (Å²) in [5, 5.41) is 11.8. The molecule has 510 valence electrons. The first-order chi connectivity index (χ1) is 43.6. The van der Waals surface area contributed by atoms with Gasteiger partial charge in [-0.25, -0.2) is 0 Å². The number of esters is 2. The highest BCUT2D eigenvalue weighted by molar-refractivity contribution is 5.70. The van der Waals surface area contributed by atoms with E-state index in [2.05, 4.69) is 135 Å². The molecule has 2 unspecified atom stereocenters. The molecule has 0 aliphatic rings. The number of carboxylic acid groups (broad SMARTS) is 1. The van der Waals surface area contributed by atoms with Gasteiger partial charge in [0.05, 0.1) is 40.3 Å². The molecule has 0 rings (SSSR count). The Labute approximate surface area is 548 Å². The maximum atomic E-state index is 12.9. The summed E-state index contributed by atoms with van der Waals surface area (Å²) in [5.74, 6) is -2.29. The Morgan fingerprint density at radius 3 is 0.966 bits per heavy atom. The van der Waals surface area contributed by atoms with Crippen LogP contribution in [0.15, 0.2) is 122 Å². The van der Waals surface area contributed by atoms with E-state index in [1.807, 2.05) is 21.1 Å². The Bertz CT molecular complexity index is 1880. The topological polar surface area (TPSA) is 111 Å². The lowest BCUT2D eigenvalue weighted by Gasteiger charge is -2.26. The minimum atomic E-state index is -1.63. The summed E-state index contributed by atoms with van der Waals surface area (Å²) in [6.07, 6.45) is 95.7. The van der Waals surface area contributed by atoms with E-state index in [9.17, 15) is 19.5 Å². The number of carbonyl (C=O) groups is 3. The predicted molar refractivity (Wildman–Crippen MR) is 380 cm³/mol. The van der Waals surface area contributed by atoms with Crippen molar-refractivity contribution in [2.24, 2.45) is 0 Å². The first-order valence-corrected chi connectivity index (χ1v) is 36.7. The fraction of sp³-hybridized carbons (Fsp3) is 0.713. The Kier molecular flexibility index (Phi) is 66.2. The van der Waals surface area contributed by atoms with Gasteiger partial charge >= 0.3 is 11.9 Å². The third kappa shape index (κ3) is 71.0. The van der Waals surface area contributed by atoms with E-state index < -0.39 is 24.3 Å². The SMILES string of the molecule is CC/C=C\C/C=C\C/C=C\C/C=C\C/C=C\C/C=C\C/C=C\C/C=C\C/C=C\CCCCCCCCCCCC(=O)OC(COC(=O)CCCCCCCCCCCCCCCCC/C=C\CCCCCCCCCC)COC(OCC[N+](C)(C)C)C(=O)[O-]. The lowest BCUT2D eigenvalue weighted by molar-refractivity contribution is -0.870. The van der Waals surface area contributed by atoms with Crippen molar-refractivity contribution in [1.82, 2.24) is 0 Å². The minimum Gasteiger partial charge on any atom is -0.545 e. The lowest BCUT2D eigenvalue weighted by atomic mass is 10.0. The summed E-state index contributed by atoms with van der Waals surface area (Å²) in [5.41, 5.74) is 0. The van der Waals surface area contributed by atoms with Crippen LogP contribution in [0.3, 0.4) is 0 Å². The average molecular weight is 1240 g/mol. The second-order valence-electron chi connectivity index (χ2n) is 25.5. The van der Waals surface area contributed by atoms with Crippen molar-refractivity contribution >= 4 is 17.9 Å². The molecule has 0 aromatic rings. The Morgan fingerprint density at radius 1 is 0.348 bits per heavy atom. The molecule has 0 amide bonds. The Hall–Kier alpha value is -4.31. The summed E-state index contributed by atoms with van der Waals surface area (Å²) >= 11 is 0. The van der Waals surface area contributed by atoms with Crippen LogP contribution in [-0.4, -0.2) is 82.3 Å². The zero-order valence-electron chi connectivity index (χ0n) is 58.3. The summed E-state index contributed by atoms with van der Waals surface area (Å²) in [6, 6.07) is 0. The van der Waals surface area contributed by atoms with E-state index in [0.29, 0.717) is 17.4 Å². The molecule has 0 bridgehead atoms. The van der Waals surface area contributed by atoms with E-state index in [4.69, 9.17) is 18.9 Å². The van der Waals surface area contributed by atoms with Gasteiger partial charge in [-0.3, -0.25) is 9.59 Å². The number of rotatable bonds is 67. The second kappa shape index (κ2) is 69.6. The number of allylic oxidation sites excluding steroid dienone is 20. The van der Waals surface area contributed by atoms with Gasteiger partial charge in [-0.2, -0.15) is 0 Å². The number of hydrogen-bond acceptors (Lipinski definition) is 8. The molecule has 0 spiro atoms. The number of hydrogen-bond donors (Lipinski definition) is 0. The van der Waals surface area contributed by atoms with E-state index in [1.54, 1.807) is 0 Å². The number of ether oxygens (including phenoxy) is 4. The van der Waals surface area contributed by atoms with Crippen LogP contribution in [0.1, 0.15) is 309 Å². The number of likely N-dealkylation sites (N-methyl/N-ethyl adjacent to an activating group) is 1. The highest BCUT2D eigenvalue weighted by Gasteiger charge is 2.22. The summed E-state index contributed by atoms with van der Waals surface area (Å²) in [4.78, 5) is 37.5. The van der Waals surface area contributed by atoms with Gasteiger partial charge in [-0.15, -0.1) is 0 Å². The van der Waals surface area contributed by atoms with Crippen LogP contribution in [0.25, 0.3) is 0 Å². The molecular formula is C80H137NO8. The van der Waals surface area contributed by atoms with Crippen molar-refractivity contribution in [2.45, 2.75) is 322 Å². The first-order valence-electron chi connectivity index (χ1n) is 36.7. The number of aliphatic carboxylic acids is 1. The van der Waals surface area contributed by atoms with Gasteiger partial charge in [0.25, 0.3) is 0 Å². The molecule has 0 saturated carbocycles. The van der Waals surface area contributed by atoms with Gasteiger partial charge in [0.15, 0.2) is 12.4 Å². The highest BCUT2D eigenvalue weighted by atomic mass is 16.7. The van der Waals surface area contributed by atoms with Crippen LogP contribution in [0.5, 0.6) is 0 Å². The normalized spacial score (nSPS) is 13.4. The van der Waals surface area contributed by atoms with Gasteiger partial charge in [-0.1, -0.05) is 309 Å². The van der Waals surface area contributed by atoms with Crippen molar-refractivity contribution in [1.29, 1.82) is 0 Å². The highest BCUT2D eigenvalue weighted by Crippen LogP contribution is 2.17. The zero-order chi connectivity index (χ0) is 64.7. The van der Waals surface area contributed by atoms with E-state index in [-0.39, 0.29) is 38.6 Å². The van der Waals surface area contributed by atoms with Crippen LogP contribution in [0.4, 0.5) is 0 Å². The third-order valence-corrected chi connectivity index (χ3v) is 15.7. The van der Waals surface area contributed by atoms with E-state index in [1.165, 1.54) is 173 Å². The van der Waals surface area contributed by atoms with Crippen LogP contribution < -0.4 is 5.11 Å². The van der Waals surface area contributed by atoms with Crippen LogP contribution in [0.2, 0.25) is 0 Å². The van der Waals surface area contributed by atoms with Crippen molar-refractivity contribution in [3.8, 4) is 0 Å². The molecule has 2 atom stereocenters. The van der Waals surface area contributed by atoms with Gasteiger partial charge < -0.3 is 33.3 Å². The Balaban J connectivity index is 4.14. The average Bonchev–Trinajstić information content (AvgIpc) is 3.70. The van der Waals surface area contributed by atoms with E-state index >= 15 is 0 Å². The van der Waals surface area contributed by atoms with Crippen LogP contribution in [-0.2, 0) is 33.3 Å². The molecular weight excluding hydrogens is 1100 g/mol. The smallest absolute Gasteiger partial charge is 0.306 e. The molecule has 0 aromatic carbocycles. The Morgan fingerprint density at radius 2 is 0.640 bits per heavy atom. The third-order valence-electron chi connectivity index (χ3n) is 15.7. The molecule has 0 aliphatic heterocycles. The molecule has 0 heterocycles. The van der Waals surface area contributed by atoms with Crippen molar-refractivity contribution < 1.29 is 42.9 Å². The lowest BCUT2D eigenvalue weighted by Crippen LogP contribution is -2.44. The summed E-state index contributed by atoms with van der Waals surface area (Å²) < 4.78 is 22.8. The summed E-state index contributed by atoms with van der Waals surface area (Å²) in [6.45, 7) is 4.65. The van der Waals surface area contributed by atoms with Gasteiger partial charge in [0, 0.05) is 12.8 Å². The quantitative estimate of drug-likeness (QED) is 0.0195. The number of carbonyl (C=O) groups excluding carboxylic acids is 3. The number of unbranched alkanes of at least 4 members (excludes halogenated alkanes) is 32. The van der Waals surface area contributed by atoms with Crippen molar-refractivity contribution in [2.75, 3.05) is 47.5 Å². The second-order valence-corrected chi connectivity index (χ2v) is 25.5. The largest absolute Gasteiger partial charge is 0.545 e. The molecule has 9 heteroatoms. The molecule has 0 fully saturated rings. The molecule has 0 aliphatic carbocycles. The van der Waals surface area contributed by atoms with Crippen molar-refractivity contribution in [3.63, 3.8) is 0 Å². The fourth-order valence-corrected chi connectivity index (χ4v) is 10.1. The predicted octanol–water partition coefficient (Wildman–Crippen LogP) is 21.8. The van der Waals surface area contributed by atoms with Gasteiger partial charge in [-0.05, 0) is 109 Å². The monoisotopic (exact) mass is 1240 g/mol. The molecule has 0 saturated heterocycles. The molecule has 9 nitrogen and oxygen atoms in total. The zero-order valence-corrected chi connectivity index (χ0v) is 58.3. The maximum absolute atomic E-state index is 12.9. The van der Waals surface area contributed by atoms with Gasteiger partial charge in [0.1, 0.15) is 13.2 Å². The minimum absolute atomic E-state index is 0.142.